The summed E-state index contributed by atoms with van der Waals surface area (Å²) in [5, 5.41) is 11.6. The van der Waals surface area contributed by atoms with E-state index in [0.29, 0.717) is 36.6 Å². The Bertz CT molecular complexity index is 505. The van der Waals surface area contributed by atoms with Crippen molar-refractivity contribution in [3.8, 4) is 0 Å². The molecule has 4 atom stereocenters. The summed E-state index contributed by atoms with van der Waals surface area (Å²) in [6, 6.07) is 0. The molecule has 6 heteroatoms. The minimum Gasteiger partial charge on any atom is -0.481 e. The standard InChI is InChI=1S/C22H37NO5/c24-21(25)10-4-2-1-3-9-17-18(20-12-11-19(17)28-20)13-14-27-22(26)23-15-16-7-5-6-8-16/h16-20H,1-15H2,(H,23,26)(H,24,25). The first-order chi connectivity index (χ1) is 13.6. The third kappa shape index (κ3) is 6.36. The third-order valence-corrected chi connectivity index (χ3v) is 6.96. The first-order valence-corrected chi connectivity index (χ1v) is 11.4. The van der Waals surface area contributed by atoms with Crippen LogP contribution in [-0.2, 0) is 14.3 Å². The average molecular weight is 396 g/mol. The van der Waals surface area contributed by atoms with Gasteiger partial charge in [0.25, 0.3) is 0 Å². The van der Waals surface area contributed by atoms with Gasteiger partial charge in [-0.2, -0.15) is 0 Å². The predicted molar refractivity (Wildman–Crippen MR) is 106 cm³/mol. The van der Waals surface area contributed by atoms with Crippen molar-refractivity contribution < 1.29 is 24.2 Å². The van der Waals surface area contributed by atoms with Crippen LogP contribution < -0.4 is 5.32 Å². The lowest BCUT2D eigenvalue weighted by Gasteiger charge is -2.28. The molecule has 2 aliphatic heterocycles. The summed E-state index contributed by atoms with van der Waals surface area (Å²) in [6.45, 7) is 1.23. The Labute approximate surface area is 168 Å². The minimum absolute atomic E-state index is 0.272. The molecule has 0 spiro atoms. The van der Waals surface area contributed by atoms with E-state index in [4.69, 9.17) is 14.6 Å². The lowest BCUT2D eigenvalue weighted by molar-refractivity contribution is -0.137. The fourth-order valence-corrected chi connectivity index (χ4v) is 5.46. The zero-order valence-corrected chi connectivity index (χ0v) is 17.1. The smallest absolute Gasteiger partial charge is 0.407 e. The summed E-state index contributed by atoms with van der Waals surface area (Å²) < 4.78 is 11.6. The van der Waals surface area contributed by atoms with Crippen molar-refractivity contribution in [2.24, 2.45) is 17.8 Å². The van der Waals surface area contributed by atoms with E-state index in [1.54, 1.807) is 0 Å². The summed E-state index contributed by atoms with van der Waals surface area (Å²) >= 11 is 0. The lowest BCUT2D eigenvalue weighted by Crippen LogP contribution is -2.31. The Morgan fingerprint density at radius 2 is 1.61 bits per heavy atom. The van der Waals surface area contributed by atoms with E-state index in [2.05, 4.69) is 5.32 Å². The summed E-state index contributed by atoms with van der Waals surface area (Å²) in [5.41, 5.74) is 0. The van der Waals surface area contributed by atoms with Crippen molar-refractivity contribution in [2.75, 3.05) is 13.2 Å². The number of alkyl carbamates (subject to hydrolysis) is 1. The second-order valence-electron chi connectivity index (χ2n) is 8.92. The SMILES string of the molecule is O=C(O)CCCCCCC1C2CCC(O2)C1CCOC(=O)NCC1CCCC1. The summed E-state index contributed by atoms with van der Waals surface area (Å²) in [6.07, 6.45) is 14.1. The molecule has 1 amide bonds. The first kappa shape index (κ1) is 21.4. The maximum atomic E-state index is 11.9. The van der Waals surface area contributed by atoms with E-state index < -0.39 is 5.97 Å². The van der Waals surface area contributed by atoms with Crippen LogP contribution in [0.1, 0.15) is 83.5 Å². The minimum atomic E-state index is -0.700. The molecule has 2 heterocycles. The van der Waals surface area contributed by atoms with Crippen molar-refractivity contribution >= 4 is 12.1 Å². The van der Waals surface area contributed by atoms with Crippen molar-refractivity contribution in [3.63, 3.8) is 0 Å². The van der Waals surface area contributed by atoms with E-state index in [1.807, 2.05) is 0 Å². The maximum absolute atomic E-state index is 11.9. The Balaban J connectivity index is 1.30. The zero-order valence-electron chi connectivity index (χ0n) is 17.1. The third-order valence-electron chi connectivity index (χ3n) is 6.96. The molecule has 3 rings (SSSR count). The van der Waals surface area contributed by atoms with Crippen LogP contribution in [-0.4, -0.2) is 42.5 Å². The Morgan fingerprint density at radius 1 is 0.929 bits per heavy atom. The van der Waals surface area contributed by atoms with Crippen LogP contribution in [0.4, 0.5) is 4.79 Å². The maximum Gasteiger partial charge on any atom is 0.407 e. The topological polar surface area (TPSA) is 84.9 Å². The first-order valence-electron chi connectivity index (χ1n) is 11.4. The summed E-state index contributed by atoms with van der Waals surface area (Å²) in [5.74, 6) is 1.00. The molecule has 3 fully saturated rings. The van der Waals surface area contributed by atoms with Gasteiger partial charge >= 0.3 is 12.1 Å². The molecule has 2 saturated heterocycles. The molecule has 4 unspecified atom stereocenters. The Hall–Kier alpha value is -1.30. The van der Waals surface area contributed by atoms with E-state index in [9.17, 15) is 9.59 Å². The zero-order chi connectivity index (χ0) is 19.8. The van der Waals surface area contributed by atoms with Gasteiger partial charge in [0.1, 0.15) is 0 Å². The number of hydrogen-bond acceptors (Lipinski definition) is 4. The van der Waals surface area contributed by atoms with E-state index in [1.165, 1.54) is 25.7 Å². The highest BCUT2D eigenvalue weighted by Crippen LogP contribution is 2.47. The number of carbonyl (C=O) groups is 2. The fourth-order valence-electron chi connectivity index (χ4n) is 5.46. The monoisotopic (exact) mass is 395 g/mol. The van der Waals surface area contributed by atoms with Gasteiger partial charge in [-0.25, -0.2) is 4.79 Å². The summed E-state index contributed by atoms with van der Waals surface area (Å²) in [7, 11) is 0. The van der Waals surface area contributed by atoms with Gasteiger partial charge in [-0.15, -0.1) is 0 Å². The Morgan fingerprint density at radius 3 is 2.32 bits per heavy atom. The van der Waals surface area contributed by atoms with Crippen LogP contribution in [0.25, 0.3) is 0 Å². The molecule has 1 saturated carbocycles. The molecule has 2 bridgehead atoms. The van der Waals surface area contributed by atoms with Gasteiger partial charge in [0.05, 0.1) is 18.8 Å². The molecular weight excluding hydrogens is 358 g/mol. The second-order valence-corrected chi connectivity index (χ2v) is 8.92. The van der Waals surface area contributed by atoms with Gasteiger partial charge in [0.15, 0.2) is 0 Å². The highest BCUT2D eigenvalue weighted by molar-refractivity contribution is 5.67. The van der Waals surface area contributed by atoms with Crippen LogP contribution >= 0.6 is 0 Å². The molecular formula is C22H37NO5. The van der Waals surface area contributed by atoms with Crippen LogP contribution in [0.2, 0.25) is 0 Å². The van der Waals surface area contributed by atoms with E-state index in [0.717, 1.165) is 57.9 Å². The number of fused-ring (bicyclic) bond motifs is 2. The quantitative estimate of drug-likeness (QED) is 0.475. The fraction of sp³-hybridized carbons (Fsp3) is 0.909. The number of rotatable bonds is 12. The largest absolute Gasteiger partial charge is 0.481 e. The van der Waals surface area contributed by atoms with Gasteiger partial charge in [-0.1, -0.05) is 32.1 Å². The highest BCUT2D eigenvalue weighted by Gasteiger charge is 2.47. The molecule has 28 heavy (non-hydrogen) atoms. The molecule has 2 N–H and O–H groups in total. The molecule has 0 radical (unpaired) electrons. The van der Waals surface area contributed by atoms with Gasteiger partial charge in [-0.3, -0.25) is 4.79 Å². The molecule has 160 valence electrons. The molecule has 1 aliphatic carbocycles. The van der Waals surface area contributed by atoms with Crippen molar-refractivity contribution in [2.45, 2.75) is 95.7 Å². The molecule has 3 aliphatic rings. The predicted octanol–water partition coefficient (Wildman–Crippen LogP) is 4.51. The van der Waals surface area contributed by atoms with E-state index in [-0.39, 0.29) is 12.5 Å². The molecule has 6 nitrogen and oxygen atoms in total. The van der Waals surface area contributed by atoms with Crippen molar-refractivity contribution in [3.05, 3.63) is 0 Å². The molecule has 0 aromatic heterocycles. The van der Waals surface area contributed by atoms with Crippen LogP contribution in [0.5, 0.6) is 0 Å². The average Bonchev–Trinajstić information content (AvgIpc) is 3.41. The molecule has 0 aromatic rings. The van der Waals surface area contributed by atoms with Gasteiger partial charge in [0, 0.05) is 13.0 Å². The number of amides is 1. The lowest BCUT2D eigenvalue weighted by atomic mass is 9.75. The number of ether oxygens (including phenoxy) is 2. The normalized spacial score (nSPS) is 29.3. The van der Waals surface area contributed by atoms with E-state index >= 15 is 0 Å². The number of hydrogen-bond donors (Lipinski definition) is 2. The summed E-state index contributed by atoms with van der Waals surface area (Å²) in [4.78, 5) is 22.5. The molecule has 0 aromatic carbocycles. The van der Waals surface area contributed by atoms with Crippen LogP contribution in [0, 0.1) is 17.8 Å². The number of carboxylic acids is 1. The van der Waals surface area contributed by atoms with Gasteiger partial charge < -0.3 is 19.9 Å². The van der Waals surface area contributed by atoms with Crippen LogP contribution in [0.3, 0.4) is 0 Å². The van der Waals surface area contributed by atoms with Gasteiger partial charge in [0.2, 0.25) is 0 Å². The second kappa shape index (κ2) is 11.0. The van der Waals surface area contributed by atoms with Crippen molar-refractivity contribution in [1.82, 2.24) is 5.32 Å². The number of aliphatic carboxylic acids is 1. The number of nitrogens with one attached hydrogen (secondary N) is 1. The highest BCUT2D eigenvalue weighted by atomic mass is 16.5. The van der Waals surface area contributed by atoms with Crippen LogP contribution in [0.15, 0.2) is 0 Å². The van der Waals surface area contributed by atoms with Crippen molar-refractivity contribution in [1.29, 1.82) is 0 Å². The number of carboxylic acid groups (broad SMARTS) is 1. The number of carbonyl (C=O) groups excluding carboxylic acids is 1. The Kier molecular flexibility index (Phi) is 8.44. The number of unbranched alkanes of at least 4 members (excludes halogenated alkanes) is 3. The van der Waals surface area contributed by atoms with Gasteiger partial charge in [-0.05, 0) is 62.7 Å².